The molecule has 0 spiro atoms. The Morgan fingerprint density at radius 3 is 2.42 bits per heavy atom. The summed E-state index contributed by atoms with van der Waals surface area (Å²) in [6, 6.07) is 11.3. The fraction of sp³-hybridized carbons (Fsp3) is 0.250. The molecule has 0 atom stereocenters. The van der Waals surface area contributed by atoms with Crippen molar-refractivity contribution in [3.63, 3.8) is 0 Å². The number of aryl methyl sites for hydroxylation is 2. The van der Waals surface area contributed by atoms with Crippen LogP contribution >= 0.6 is 0 Å². The standard InChI is InChI=1S/C16H19FN2/c1-11-4-5-13(8-12(11)2)10-19(3)14-6-7-16(18)15(17)9-14/h4-9H,10,18H2,1-3H3. The van der Waals surface area contributed by atoms with Crippen LogP contribution in [0.3, 0.4) is 0 Å². The molecular formula is C16H19FN2. The Balaban J connectivity index is 2.17. The number of nitrogens with two attached hydrogens (primary N) is 1. The zero-order valence-corrected chi connectivity index (χ0v) is 11.6. The molecule has 0 fully saturated rings. The fourth-order valence-electron chi connectivity index (χ4n) is 2.02. The Kier molecular flexibility index (Phi) is 3.74. The van der Waals surface area contributed by atoms with Gasteiger partial charge in [0.1, 0.15) is 5.82 Å². The Morgan fingerprint density at radius 2 is 1.79 bits per heavy atom. The van der Waals surface area contributed by atoms with Gasteiger partial charge in [-0.15, -0.1) is 0 Å². The highest BCUT2D eigenvalue weighted by atomic mass is 19.1. The molecular weight excluding hydrogens is 239 g/mol. The lowest BCUT2D eigenvalue weighted by molar-refractivity contribution is 0.632. The highest BCUT2D eigenvalue weighted by Crippen LogP contribution is 2.21. The zero-order chi connectivity index (χ0) is 14.0. The predicted octanol–water partition coefficient (Wildman–Crippen LogP) is 3.66. The minimum atomic E-state index is -0.371. The molecule has 0 aliphatic heterocycles. The van der Waals surface area contributed by atoms with Crippen molar-refractivity contribution in [3.8, 4) is 0 Å². The maximum absolute atomic E-state index is 13.4. The molecule has 2 N–H and O–H groups in total. The van der Waals surface area contributed by atoms with E-state index in [2.05, 4.69) is 32.0 Å². The van der Waals surface area contributed by atoms with Gasteiger partial charge in [-0.25, -0.2) is 4.39 Å². The van der Waals surface area contributed by atoms with E-state index in [0.717, 1.165) is 12.2 Å². The fourth-order valence-corrected chi connectivity index (χ4v) is 2.02. The van der Waals surface area contributed by atoms with Crippen LogP contribution in [-0.4, -0.2) is 7.05 Å². The second-order valence-corrected chi connectivity index (χ2v) is 4.98. The van der Waals surface area contributed by atoms with Crippen LogP contribution in [0, 0.1) is 19.7 Å². The molecule has 0 radical (unpaired) electrons. The Labute approximate surface area is 113 Å². The number of hydrogen-bond acceptors (Lipinski definition) is 2. The lowest BCUT2D eigenvalue weighted by Gasteiger charge is -2.20. The molecule has 2 aromatic carbocycles. The second-order valence-electron chi connectivity index (χ2n) is 4.98. The molecule has 0 saturated heterocycles. The van der Waals surface area contributed by atoms with Gasteiger partial charge < -0.3 is 10.6 Å². The van der Waals surface area contributed by atoms with Gasteiger partial charge in [0.2, 0.25) is 0 Å². The SMILES string of the molecule is Cc1ccc(CN(C)c2ccc(N)c(F)c2)cc1C. The number of nitrogens with zero attached hydrogens (tertiary/aromatic N) is 1. The normalized spacial score (nSPS) is 10.5. The molecule has 100 valence electrons. The molecule has 2 nitrogen and oxygen atoms in total. The van der Waals surface area contributed by atoms with E-state index in [0.29, 0.717) is 0 Å². The molecule has 0 saturated carbocycles. The van der Waals surface area contributed by atoms with Crippen LogP contribution in [0.4, 0.5) is 15.8 Å². The summed E-state index contributed by atoms with van der Waals surface area (Å²) in [5.41, 5.74) is 10.3. The summed E-state index contributed by atoms with van der Waals surface area (Å²) in [5, 5.41) is 0. The minimum absolute atomic E-state index is 0.184. The highest BCUT2D eigenvalue weighted by molar-refractivity contribution is 5.54. The zero-order valence-electron chi connectivity index (χ0n) is 11.6. The van der Waals surface area contributed by atoms with Crippen molar-refractivity contribution in [2.45, 2.75) is 20.4 Å². The predicted molar refractivity (Wildman–Crippen MR) is 78.8 cm³/mol. The van der Waals surface area contributed by atoms with E-state index in [1.165, 1.54) is 22.8 Å². The molecule has 0 heterocycles. The lowest BCUT2D eigenvalue weighted by atomic mass is 10.1. The average Bonchev–Trinajstić information content (AvgIpc) is 2.37. The number of rotatable bonds is 3. The summed E-state index contributed by atoms with van der Waals surface area (Å²) in [7, 11) is 1.94. The summed E-state index contributed by atoms with van der Waals surface area (Å²) in [6.45, 7) is 4.93. The first-order valence-corrected chi connectivity index (χ1v) is 6.29. The van der Waals surface area contributed by atoms with Crippen molar-refractivity contribution in [2.75, 3.05) is 17.7 Å². The number of anilines is 2. The topological polar surface area (TPSA) is 29.3 Å². The molecule has 3 heteroatoms. The van der Waals surface area contributed by atoms with Crippen molar-refractivity contribution < 1.29 is 4.39 Å². The van der Waals surface area contributed by atoms with Crippen LogP contribution < -0.4 is 10.6 Å². The van der Waals surface area contributed by atoms with Crippen LogP contribution in [0.15, 0.2) is 36.4 Å². The van der Waals surface area contributed by atoms with Crippen molar-refractivity contribution in [1.29, 1.82) is 0 Å². The van der Waals surface area contributed by atoms with Gasteiger partial charge in [-0.1, -0.05) is 18.2 Å². The third-order valence-electron chi connectivity index (χ3n) is 3.42. The molecule has 2 rings (SSSR count). The first-order chi connectivity index (χ1) is 8.97. The smallest absolute Gasteiger partial charge is 0.148 e. The van der Waals surface area contributed by atoms with Crippen LogP contribution in [0.1, 0.15) is 16.7 Å². The van der Waals surface area contributed by atoms with Gasteiger partial charge in [0.15, 0.2) is 0 Å². The Bertz CT molecular complexity index is 593. The van der Waals surface area contributed by atoms with Crippen molar-refractivity contribution in [3.05, 3.63) is 58.9 Å². The summed E-state index contributed by atoms with van der Waals surface area (Å²) in [6.07, 6.45) is 0. The summed E-state index contributed by atoms with van der Waals surface area (Å²) < 4.78 is 13.4. The molecule has 19 heavy (non-hydrogen) atoms. The maximum atomic E-state index is 13.4. The number of nitrogen functional groups attached to an aromatic ring is 1. The minimum Gasteiger partial charge on any atom is -0.396 e. The van der Waals surface area contributed by atoms with Crippen LogP contribution in [0.25, 0.3) is 0 Å². The Morgan fingerprint density at radius 1 is 1.05 bits per heavy atom. The van der Waals surface area contributed by atoms with E-state index in [1.807, 2.05) is 18.0 Å². The maximum Gasteiger partial charge on any atom is 0.148 e. The van der Waals surface area contributed by atoms with E-state index in [1.54, 1.807) is 6.07 Å². The van der Waals surface area contributed by atoms with Gasteiger partial charge in [-0.2, -0.15) is 0 Å². The monoisotopic (exact) mass is 258 g/mol. The summed E-state index contributed by atoms with van der Waals surface area (Å²) >= 11 is 0. The van der Waals surface area contributed by atoms with E-state index >= 15 is 0 Å². The van der Waals surface area contributed by atoms with Gasteiger partial charge in [0.25, 0.3) is 0 Å². The summed E-state index contributed by atoms with van der Waals surface area (Å²) in [4.78, 5) is 2.01. The molecule has 0 aliphatic carbocycles. The second kappa shape index (κ2) is 5.31. The third kappa shape index (κ3) is 3.05. The molecule has 0 aliphatic rings. The van der Waals surface area contributed by atoms with E-state index in [9.17, 15) is 4.39 Å². The van der Waals surface area contributed by atoms with Gasteiger partial charge >= 0.3 is 0 Å². The Hall–Kier alpha value is -2.03. The van der Waals surface area contributed by atoms with Gasteiger partial charge in [0.05, 0.1) is 5.69 Å². The highest BCUT2D eigenvalue weighted by Gasteiger charge is 2.06. The molecule has 0 amide bonds. The van der Waals surface area contributed by atoms with Gasteiger partial charge in [-0.3, -0.25) is 0 Å². The molecule has 0 bridgehead atoms. The van der Waals surface area contributed by atoms with E-state index in [-0.39, 0.29) is 11.5 Å². The van der Waals surface area contributed by atoms with Crippen molar-refractivity contribution in [2.24, 2.45) is 0 Å². The first-order valence-electron chi connectivity index (χ1n) is 6.29. The van der Waals surface area contributed by atoms with Crippen LogP contribution in [0.2, 0.25) is 0 Å². The van der Waals surface area contributed by atoms with Gasteiger partial charge in [0, 0.05) is 19.3 Å². The number of benzene rings is 2. The quantitative estimate of drug-likeness (QED) is 0.851. The largest absolute Gasteiger partial charge is 0.396 e. The van der Waals surface area contributed by atoms with Crippen molar-refractivity contribution >= 4 is 11.4 Å². The molecule has 0 aromatic heterocycles. The van der Waals surface area contributed by atoms with Gasteiger partial charge in [-0.05, 0) is 48.7 Å². The first kappa shape index (κ1) is 13.4. The number of hydrogen-bond donors (Lipinski definition) is 1. The molecule has 0 unspecified atom stereocenters. The van der Waals surface area contributed by atoms with E-state index in [4.69, 9.17) is 5.73 Å². The van der Waals surface area contributed by atoms with Crippen molar-refractivity contribution in [1.82, 2.24) is 0 Å². The summed E-state index contributed by atoms with van der Waals surface area (Å²) in [5.74, 6) is -0.371. The number of halogens is 1. The van der Waals surface area contributed by atoms with E-state index < -0.39 is 0 Å². The molecule has 2 aromatic rings. The van der Waals surface area contributed by atoms with Crippen LogP contribution in [-0.2, 0) is 6.54 Å². The lowest BCUT2D eigenvalue weighted by Crippen LogP contribution is -2.16. The third-order valence-corrected chi connectivity index (χ3v) is 3.42. The van der Waals surface area contributed by atoms with Crippen LogP contribution in [0.5, 0.6) is 0 Å². The average molecular weight is 258 g/mol.